The fraction of sp³-hybridized carbons (Fsp3) is 0.238. The lowest BCUT2D eigenvalue weighted by atomic mass is 10.2. The Morgan fingerprint density at radius 3 is 2.67 bits per heavy atom. The number of halogens is 5. The molecule has 1 N–H and O–H groups in total. The van der Waals surface area contributed by atoms with Gasteiger partial charge in [0.15, 0.2) is 5.65 Å². The van der Waals surface area contributed by atoms with Crippen LogP contribution in [-0.4, -0.2) is 30.3 Å². The summed E-state index contributed by atoms with van der Waals surface area (Å²) in [6.07, 6.45) is 0.833. The Morgan fingerprint density at radius 1 is 1.18 bits per heavy atom. The minimum atomic E-state index is -4.65. The number of amides is 1. The van der Waals surface area contributed by atoms with E-state index in [9.17, 15) is 22.4 Å². The van der Waals surface area contributed by atoms with Crippen LogP contribution in [0, 0.1) is 5.82 Å². The second-order valence-corrected chi connectivity index (χ2v) is 8.16. The van der Waals surface area contributed by atoms with Gasteiger partial charge in [0, 0.05) is 22.8 Å². The maximum atomic E-state index is 13.5. The average molecular weight is 479 g/mol. The van der Waals surface area contributed by atoms with Gasteiger partial charge in [-0.25, -0.2) is 13.9 Å². The number of aromatic nitrogens is 5. The van der Waals surface area contributed by atoms with Gasteiger partial charge in [0.1, 0.15) is 17.1 Å². The predicted octanol–water partition coefficient (Wildman–Crippen LogP) is 4.92. The van der Waals surface area contributed by atoms with Crippen molar-refractivity contribution < 1.29 is 22.4 Å². The zero-order valence-corrected chi connectivity index (χ0v) is 17.5. The molecular weight excluding hydrogens is 464 g/mol. The van der Waals surface area contributed by atoms with E-state index in [0.29, 0.717) is 21.5 Å². The zero-order valence-electron chi connectivity index (χ0n) is 16.8. The van der Waals surface area contributed by atoms with E-state index in [1.165, 1.54) is 35.3 Å². The number of carbonyl (C=O) groups excluding carboxylic acids is 1. The molecule has 12 heteroatoms. The summed E-state index contributed by atoms with van der Waals surface area (Å²) in [4.78, 5) is 17.1. The number of hydrogen-bond acceptors (Lipinski definition) is 4. The Kier molecular flexibility index (Phi) is 5.08. The molecule has 33 heavy (non-hydrogen) atoms. The SMILES string of the molecule is O=C(Nc1cnn(Cc2ccc(F)cc2Cl)c1)c1cnn2c(C(F)(F)F)cc(C3CC3)nc12. The number of alkyl halides is 3. The van der Waals surface area contributed by atoms with E-state index in [0.717, 1.165) is 25.1 Å². The third kappa shape index (κ3) is 4.28. The highest BCUT2D eigenvalue weighted by molar-refractivity contribution is 6.31. The van der Waals surface area contributed by atoms with Gasteiger partial charge < -0.3 is 5.32 Å². The molecule has 5 rings (SSSR count). The first-order valence-corrected chi connectivity index (χ1v) is 10.3. The van der Waals surface area contributed by atoms with Crippen molar-refractivity contribution in [2.45, 2.75) is 31.5 Å². The van der Waals surface area contributed by atoms with Crippen molar-refractivity contribution in [3.05, 3.63) is 76.2 Å². The molecular formula is C21H15ClF4N6O. The molecule has 0 aliphatic heterocycles. The van der Waals surface area contributed by atoms with Gasteiger partial charge in [-0.1, -0.05) is 17.7 Å². The monoisotopic (exact) mass is 478 g/mol. The molecule has 7 nitrogen and oxygen atoms in total. The lowest BCUT2D eigenvalue weighted by Gasteiger charge is -2.11. The average Bonchev–Trinajstić information content (AvgIpc) is 3.36. The lowest BCUT2D eigenvalue weighted by molar-refractivity contribution is -0.142. The fourth-order valence-electron chi connectivity index (χ4n) is 3.47. The third-order valence-electron chi connectivity index (χ3n) is 5.26. The van der Waals surface area contributed by atoms with E-state index in [4.69, 9.17) is 11.6 Å². The molecule has 1 aliphatic carbocycles. The van der Waals surface area contributed by atoms with Gasteiger partial charge in [-0.15, -0.1) is 0 Å². The van der Waals surface area contributed by atoms with Crippen molar-refractivity contribution in [3.63, 3.8) is 0 Å². The van der Waals surface area contributed by atoms with Gasteiger partial charge >= 0.3 is 6.18 Å². The Bertz CT molecular complexity index is 1380. The van der Waals surface area contributed by atoms with Gasteiger partial charge in [-0.2, -0.15) is 23.4 Å². The van der Waals surface area contributed by atoms with E-state index >= 15 is 0 Å². The Balaban J connectivity index is 1.40. The number of nitrogens with zero attached hydrogens (tertiary/aromatic N) is 5. The van der Waals surface area contributed by atoms with Gasteiger partial charge in [0.05, 0.1) is 24.6 Å². The van der Waals surface area contributed by atoms with Gasteiger partial charge in [-0.3, -0.25) is 9.48 Å². The Labute approximate surface area is 189 Å². The molecule has 0 saturated heterocycles. The molecule has 1 fully saturated rings. The summed E-state index contributed by atoms with van der Waals surface area (Å²) in [6.45, 7) is 0.229. The topological polar surface area (TPSA) is 77.1 Å². The second-order valence-electron chi connectivity index (χ2n) is 7.75. The number of nitrogens with one attached hydrogen (secondary N) is 1. The summed E-state index contributed by atoms with van der Waals surface area (Å²) in [6, 6.07) is 4.98. The summed E-state index contributed by atoms with van der Waals surface area (Å²) >= 11 is 6.03. The normalized spacial score (nSPS) is 14.1. The summed E-state index contributed by atoms with van der Waals surface area (Å²) in [7, 11) is 0. The van der Waals surface area contributed by atoms with Gasteiger partial charge in [-0.05, 0) is 36.6 Å². The second kappa shape index (κ2) is 7.84. The first-order valence-electron chi connectivity index (χ1n) is 9.92. The number of benzene rings is 1. The fourth-order valence-corrected chi connectivity index (χ4v) is 3.70. The minimum absolute atomic E-state index is 0.0431. The van der Waals surface area contributed by atoms with Crippen LogP contribution in [0.1, 0.15) is 46.1 Å². The number of hydrogen-bond donors (Lipinski definition) is 1. The number of fused-ring (bicyclic) bond motifs is 1. The van der Waals surface area contributed by atoms with Gasteiger partial charge in [0.25, 0.3) is 5.91 Å². The maximum absolute atomic E-state index is 13.5. The van der Waals surface area contributed by atoms with Crippen LogP contribution in [0.4, 0.5) is 23.2 Å². The molecule has 1 aliphatic rings. The van der Waals surface area contributed by atoms with Crippen LogP contribution in [-0.2, 0) is 12.7 Å². The molecule has 3 aromatic heterocycles. The van der Waals surface area contributed by atoms with Crippen LogP contribution >= 0.6 is 11.6 Å². The molecule has 1 aromatic carbocycles. The molecule has 1 saturated carbocycles. The highest BCUT2D eigenvalue weighted by atomic mass is 35.5. The van der Waals surface area contributed by atoms with Crippen molar-refractivity contribution in [3.8, 4) is 0 Å². The summed E-state index contributed by atoms with van der Waals surface area (Å²) < 4.78 is 56.0. The number of carbonyl (C=O) groups is 1. The highest BCUT2D eigenvalue weighted by Gasteiger charge is 2.38. The maximum Gasteiger partial charge on any atom is 0.433 e. The van der Waals surface area contributed by atoms with Crippen molar-refractivity contribution in [2.24, 2.45) is 0 Å². The van der Waals surface area contributed by atoms with E-state index in [-0.39, 0.29) is 28.7 Å². The van der Waals surface area contributed by atoms with Crippen molar-refractivity contribution in [1.82, 2.24) is 24.4 Å². The smallest absolute Gasteiger partial charge is 0.319 e. The molecule has 0 unspecified atom stereocenters. The first kappa shape index (κ1) is 21.4. The van der Waals surface area contributed by atoms with Crippen LogP contribution in [0.5, 0.6) is 0 Å². The van der Waals surface area contributed by atoms with Crippen molar-refractivity contribution in [2.75, 3.05) is 5.32 Å². The van der Waals surface area contributed by atoms with Gasteiger partial charge in [0.2, 0.25) is 0 Å². The highest BCUT2D eigenvalue weighted by Crippen LogP contribution is 2.41. The quantitative estimate of drug-likeness (QED) is 0.413. The number of anilines is 1. The summed E-state index contributed by atoms with van der Waals surface area (Å²) in [5, 5.41) is 10.7. The standard InChI is InChI=1S/C21H15ClF4N6O/c22-16-5-13(23)4-3-12(16)9-31-10-14(7-27-31)29-20(33)15-8-28-32-18(21(24,25)26)6-17(11-1-2-11)30-19(15)32/h3-8,10-11H,1-2,9H2,(H,29,33). The Morgan fingerprint density at radius 2 is 1.97 bits per heavy atom. The molecule has 0 atom stereocenters. The van der Waals surface area contributed by atoms with E-state index < -0.39 is 23.6 Å². The van der Waals surface area contributed by atoms with Crippen LogP contribution < -0.4 is 5.32 Å². The van der Waals surface area contributed by atoms with Crippen LogP contribution in [0.3, 0.4) is 0 Å². The molecule has 1 amide bonds. The third-order valence-corrected chi connectivity index (χ3v) is 5.61. The molecule has 0 radical (unpaired) electrons. The molecule has 3 heterocycles. The molecule has 0 spiro atoms. The molecule has 4 aromatic rings. The summed E-state index contributed by atoms with van der Waals surface area (Å²) in [5.74, 6) is -1.17. The van der Waals surface area contributed by atoms with Crippen LogP contribution in [0.15, 0.2) is 42.9 Å². The van der Waals surface area contributed by atoms with Crippen molar-refractivity contribution in [1.29, 1.82) is 0 Å². The predicted molar refractivity (Wildman–Crippen MR) is 111 cm³/mol. The van der Waals surface area contributed by atoms with Crippen LogP contribution in [0.25, 0.3) is 5.65 Å². The molecule has 170 valence electrons. The summed E-state index contributed by atoms with van der Waals surface area (Å²) in [5.41, 5.74) is 0.0167. The lowest BCUT2D eigenvalue weighted by Crippen LogP contribution is -2.16. The largest absolute Gasteiger partial charge is 0.433 e. The van der Waals surface area contributed by atoms with E-state index in [2.05, 4.69) is 20.5 Å². The zero-order chi connectivity index (χ0) is 23.3. The van der Waals surface area contributed by atoms with E-state index in [1.807, 2.05) is 0 Å². The number of rotatable bonds is 5. The molecule has 0 bridgehead atoms. The van der Waals surface area contributed by atoms with Crippen LogP contribution in [0.2, 0.25) is 5.02 Å². The Hall–Kier alpha value is -3.47. The first-order chi connectivity index (χ1) is 15.7. The van der Waals surface area contributed by atoms with E-state index in [1.54, 1.807) is 0 Å². The van der Waals surface area contributed by atoms with Crippen molar-refractivity contribution >= 4 is 28.8 Å². The minimum Gasteiger partial charge on any atom is -0.319 e.